The van der Waals surface area contributed by atoms with Crippen molar-refractivity contribution in [3.05, 3.63) is 20.3 Å². The average Bonchev–Trinajstić information content (AvgIpc) is 2.44. The molecule has 0 fully saturated rings. The molecule has 0 saturated heterocycles. The van der Waals surface area contributed by atoms with Gasteiger partial charge in [-0.25, -0.2) is 4.39 Å². The molecule has 0 spiro atoms. The summed E-state index contributed by atoms with van der Waals surface area (Å²) in [5, 5.41) is 0. The van der Waals surface area contributed by atoms with Gasteiger partial charge in [0.05, 0.1) is 3.79 Å². The first-order chi connectivity index (χ1) is 6.29. The highest BCUT2D eigenvalue weighted by Gasteiger charge is 2.17. The second-order valence-corrected chi connectivity index (χ2v) is 5.73. The molecule has 0 atom stereocenters. The van der Waals surface area contributed by atoms with E-state index in [0.717, 1.165) is 19.5 Å². The van der Waals surface area contributed by atoms with Crippen LogP contribution in [0.2, 0.25) is 0 Å². The lowest BCUT2D eigenvalue weighted by Gasteiger charge is -2.25. The Bertz CT molecular complexity index is 300. The molecule has 72 valence electrons. The van der Waals surface area contributed by atoms with E-state index in [0.29, 0.717) is 6.54 Å². The van der Waals surface area contributed by atoms with Crippen LogP contribution in [-0.2, 0) is 13.0 Å². The summed E-state index contributed by atoms with van der Waals surface area (Å²) >= 11 is 5.25. The lowest BCUT2D eigenvalue weighted by atomic mass is 10.1. The monoisotopic (exact) mass is 263 g/mol. The van der Waals surface area contributed by atoms with Crippen LogP contribution >= 0.6 is 27.3 Å². The third-order valence-corrected chi connectivity index (χ3v) is 4.00. The quantitative estimate of drug-likeness (QED) is 0.794. The van der Waals surface area contributed by atoms with Crippen LogP contribution in [0.5, 0.6) is 0 Å². The first-order valence-electron chi connectivity index (χ1n) is 4.35. The number of nitrogens with zero attached hydrogens (tertiary/aromatic N) is 1. The molecule has 0 aliphatic carbocycles. The van der Waals surface area contributed by atoms with Gasteiger partial charge in [0.25, 0.3) is 0 Å². The van der Waals surface area contributed by atoms with E-state index in [1.807, 2.05) is 0 Å². The van der Waals surface area contributed by atoms with E-state index in [1.54, 1.807) is 11.3 Å². The van der Waals surface area contributed by atoms with Gasteiger partial charge in [-0.2, -0.15) is 0 Å². The summed E-state index contributed by atoms with van der Waals surface area (Å²) in [6.45, 7) is 2.27. The zero-order chi connectivity index (χ0) is 9.26. The summed E-state index contributed by atoms with van der Waals surface area (Å²) in [7, 11) is 0. The van der Waals surface area contributed by atoms with Crippen molar-refractivity contribution in [2.75, 3.05) is 19.8 Å². The average molecular weight is 264 g/mol. The lowest BCUT2D eigenvalue weighted by Crippen LogP contribution is -2.31. The van der Waals surface area contributed by atoms with Crippen LogP contribution in [0.15, 0.2) is 9.85 Å². The summed E-state index contributed by atoms with van der Waals surface area (Å²) in [4.78, 5) is 3.57. The molecule has 1 nitrogen and oxygen atoms in total. The van der Waals surface area contributed by atoms with E-state index in [4.69, 9.17) is 0 Å². The highest BCUT2D eigenvalue weighted by atomic mass is 79.9. The van der Waals surface area contributed by atoms with E-state index in [1.165, 1.54) is 14.2 Å². The molecule has 1 aliphatic rings. The van der Waals surface area contributed by atoms with Crippen molar-refractivity contribution in [2.45, 2.75) is 13.0 Å². The van der Waals surface area contributed by atoms with Crippen molar-refractivity contribution in [3.8, 4) is 0 Å². The molecule has 0 radical (unpaired) electrons. The zero-order valence-electron chi connectivity index (χ0n) is 7.22. The number of halogens is 2. The molecule has 0 unspecified atom stereocenters. The molecule has 1 aromatic rings. The third kappa shape index (κ3) is 2.11. The van der Waals surface area contributed by atoms with Crippen molar-refractivity contribution in [1.82, 2.24) is 4.90 Å². The SMILES string of the molecule is FCCN1CCc2cc(Br)sc2C1. The van der Waals surface area contributed by atoms with Gasteiger partial charge >= 0.3 is 0 Å². The van der Waals surface area contributed by atoms with Gasteiger partial charge in [-0.15, -0.1) is 11.3 Å². The van der Waals surface area contributed by atoms with Crippen molar-refractivity contribution in [3.63, 3.8) is 0 Å². The fourth-order valence-corrected chi connectivity index (χ4v) is 3.48. The van der Waals surface area contributed by atoms with Gasteiger partial charge in [0, 0.05) is 24.5 Å². The Balaban J connectivity index is 2.10. The van der Waals surface area contributed by atoms with Gasteiger partial charge in [0.1, 0.15) is 6.67 Å². The predicted molar refractivity (Wildman–Crippen MR) is 57.0 cm³/mol. The summed E-state index contributed by atoms with van der Waals surface area (Å²) in [5.74, 6) is 0. The Morgan fingerprint density at radius 1 is 1.62 bits per heavy atom. The molecule has 2 rings (SSSR count). The lowest BCUT2D eigenvalue weighted by molar-refractivity contribution is 0.234. The first kappa shape index (κ1) is 9.62. The Morgan fingerprint density at radius 2 is 2.46 bits per heavy atom. The van der Waals surface area contributed by atoms with E-state index >= 15 is 0 Å². The van der Waals surface area contributed by atoms with E-state index in [2.05, 4.69) is 26.9 Å². The maximum Gasteiger partial charge on any atom is 0.102 e. The molecular formula is C9H11BrFNS. The third-order valence-electron chi connectivity index (χ3n) is 2.33. The van der Waals surface area contributed by atoms with Crippen LogP contribution in [0.3, 0.4) is 0 Å². The highest BCUT2D eigenvalue weighted by molar-refractivity contribution is 9.11. The van der Waals surface area contributed by atoms with Crippen LogP contribution < -0.4 is 0 Å². The summed E-state index contributed by atoms with van der Waals surface area (Å²) in [6, 6.07) is 2.19. The molecule has 0 amide bonds. The van der Waals surface area contributed by atoms with Crippen LogP contribution in [0.1, 0.15) is 10.4 Å². The normalized spacial score (nSPS) is 17.4. The molecule has 0 saturated carbocycles. The fraction of sp³-hybridized carbons (Fsp3) is 0.556. The Morgan fingerprint density at radius 3 is 3.23 bits per heavy atom. The number of hydrogen-bond acceptors (Lipinski definition) is 2. The number of fused-ring (bicyclic) bond motifs is 1. The minimum Gasteiger partial charge on any atom is -0.295 e. The predicted octanol–water partition coefficient (Wildman–Crippen LogP) is 2.84. The minimum atomic E-state index is -0.234. The van der Waals surface area contributed by atoms with Crippen LogP contribution in [-0.4, -0.2) is 24.7 Å². The summed E-state index contributed by atoms with van der Waals surface area (Å²) in [6.07, 6.45) is 1.07. The Labute approximate surface area is 89.7 Å². The van der Waals surface area contributed by atoms with Crippen LogP contribution in [0.4, 0.5) is 4.39 Å². The number of alkyl halides is 1. The smallest absolute Gasteiger partial charge is 0.102 e. The summed E-state index contributed by atoms with van der Waals surface area (Å²) in [5.41, 5.74) is 1.44. The molecule has 4 heteroatoms. The molecule has 1 aliphatic heterocycles. The van der Waals surface area contributed by atoms with Crippen LogP contribution in [0.25, 0.3) is 0 Å². The topological polar surface area (TPSA) is 3.24 Å². The molecular weight excluding hydrogens is 253 g/mol. The first-order valence-corrected chi connectivity index (χ1v) is 5.96. The minimum absolute atomic E-state index is 0.234. The van der Waals surface area contributed by atoms with Crippen molar-refractivity contribution in [2.24, 2.45) is 0 Å². The van der Waals surface area contributed by atoms with Crippen LogP contribution in [0, 0.1) is 0 Å². The van der Waals surface area contributed by atoms with Gasteiger partial charge in [-0.3, -0.25) is 4.90 Å². The maximum atomic E-state index is 12.1. The van der Waals surface area contributed by atoms with Gasteiger partial charge in [-0.05, 0) is 34.0 Å². The number of rotatable bonds is 2. The van der Waals surface area contributed by atoms with Gasteiger partial charge in [-0.1, -0.05) is 0 Å². The van der Waals surface area contributed by atoms with Gasteiger partial charge < -0.3 is 0 Å². The fourth-order valence-electron chi connectivity index (χ4n) is 1.65. The number of thiophene rings is 1. The Kier molecular flexibility index (Phi) is 3.01. The Hall–Kier alpha value is 0.0700. The summed E-state index contributed by atoms with van der Waals surface area (Å²) < 4.78 is 13.3. The van der Waals surface area contributed by atoms with Crippen molar-refractivity contribution >= 4 is 27.3 Å². The molecule has 0 N–H and O–H groups in total. The highest BCUT2D eigenvalue weighted by Crippen LogP contribution is 2.31. The zero-order valence-corrected chi connectivity index (χ0v) is 9.63. The molecule has 0 aromatic carbocycles. The maximum absolute atomic E-state index is 12.1. The molecule has 1 aromatic heterocycles. The van der Waals surface area contributed by atoms with Crippen molar-refractivity contribution < 1.29 is 4.39 Å². The van der Waals surface area contributed by atoms with E-state index in [-0.39, 0.29) is 6.67 Å². The number of hydrogen-bond donors (Lipinski definition) is 0. The molecule has 0 bridgehead atoms. The second-order valence-electron chi connectivity index (χ2n) is 3.21. The van der Waals surface area contributed by atoms with E-state index < -0.39 is 0 Å². The standard InChI is InChI=1S/C9H11BrFNS/c10-9-5-7-1-3-12(4-2-11)6-8(7)13-9/h5H,1-4,6H2. The van der Waals surface area contributed by atoms with Gasteiger partial charge in [0.2, 0.25) is 0 Å². The van der Waals surface area contributed by atoms with E-state index in [9.17, 15) is 4.39 Å². The van der Waals surface area contributed by atoms with Gasteiger partial charge in [0.15, 0.2) is 0 Å². The molecule has 2 heterocycles. The largest absolute Gasteiger partial charge is 0.295 e. The molecule has 13 heavy (non-hydrogen) atoms. The van der Waals surface area contributed by atoms with Crippen molar-refractivity contribution in [1.29, 1.82) is 0 Å². The second kappa shape index (κ2) is 4.07.